The van der Waals surface area contributed by atoms with Crippen molar-refractivity contribution in [2.45, 2.75) is 53.1 Å². The molecular weight excluding hydrogens is 198 g/mol. The molecule has 3 nitrogen and oxygen atoms in total. The maximum atomic E-state index is 4.51. The van der Waals surface area contributed by atoms with E-state index in [0.717, 1.165) is 25.9 Å². The van der Waals surface area contributed by atoms with Gasteiger partial charge in [-0.1, -0.05) is 27.7 Å². The molecule has 1 aromatic rings. The molecule has 0 aromatic carbocycles. The van der Waals surface area contributed by atoms with Crippen LogP contribution in [0.3, 0.4) is 0 Å². The van der Waals surface area contributed by atoms with Crippen molar-refractivity contribution in [1.82, 2.24) is 14.9 Å². The molecule has 0 amide bonds. The summed E-state index contributed by atoms with van der Waals surface area (Å²) in [6.45, 7) is 10.9. The summed E-state index contributed by atoms with van der Waals surface area (Å²) >= 11 is 0. The molecule has 3 heteroatoms. The monoisotopic (exact) mass is 223 g/mol. The molecule has 1 aromatic heterocycles. The van der Waals surface area contributed by atoms with Gasteiger partial charge in [-0.3, -0.25) is 0 Å². The Bertz CT molecular complexity index is 291. The maximum absolute atomic E-state index is 4.51. The Labute approximate surface area is 99.3 Å². The molecule has 0 spiro atoms. The lowest BCUT2D eigenvalue weighted by molar-refractivity contribution is 0.407. The average Bonchev–Trinajstić information content (AvgIpc) is 2.65. The minimum atomic E-state index is 0.395. The Morgan fingerprint density at radius 3 is 2.69 bits per heavy atom. The predicted molar refractivity (Wildman–Crippen MR) is 68.4 cm³/mol. The van der Waals surface area contributed by atoms with Crippen LogP contribution in [0.4, 0.5) is 0 Å². The van der Waals surface area contributed by atoms with Crippen LogP contribution in [0.15, 0.2) is 12.4 Å². The molecule has 1 atom stereocenters. The normalized spacial score (nSPS) is 13.3. The molecule has 1 rings (SSSR count). The lowest BCUT2D eigenvalue weighted by Gasteiger charge is -2.20. The fourth-order valence-electron chi connectivity index (χ4n) is 2.06. The van der Waals surface area contributed by atoms with Crippen molar-refractivity contribution in [2.24, 2.45) is 5.92 Å². The Morgan fingerprint density at radius 1 is 1.38 bits per heavy atom. The lowest BCUT2D eigenvalue weighted by atomic mass is 10.0. The third-order valence-corrected chi connectivity index (χ3v) is 2.68. The van der Waals surface area contributed by atoms with Gasteiger partial charge in [0, 0.05) is 18.9 Å². The summed E-state index contributed by atoms with van der Waals surface area (Å²) in [7, 11) is 0. The molecule has 0 radical (unpaired) electrons. The summed E-state index contributed by atoms with van der Waals surface area (Å²) in [4.78, 5) is 4.51. The zero-order chi connectivity index (χ0) is 12.0. The molecule has 0 aliphatic rings. The van der Waals surface area contributed by atoms with Crippen molar-refractivity contribution in [3.05, 3.63) is 18.2 Å². The Kier molecular flexibility index (Phi) is 5.53. The first-order valence-electron chi connectivity index (χ1n) is 6.43. The van der Waals surface area contributed by atoms with Crippen LogP contribution in [0.2, 0.25) is 0 Å². The van der Waals surface area contributed by atoms with E-state index < -0.39 is 0 Å². The molecule has 0 aliphatic heterocycles. The molecule has 0 bridgehead atoms. The van der Waals surface area contributed by atoms with Gasteiger partial charge in [0.05, 0.1) is 6.04 Å². The first kappa shape index (κ1) is 13.2. The van der Waals surface area contributed by atoms with Crippen molar-refractivity contribution in [1.29, 1.82) is 0 Å². The van der Waals surface area contributed by atoms with Crippen molar-refractivity contribution in [3.63, 3.8) is 0 Å². The van der Waals surface area contributed by atoms with Crippen molar-refractivity contribution < 1.29 is 0 Å². The highest BCUT2D eigenvalue weighted by Crippen LogP contribution is 2.20. The summed E-state index contributed by atoms with van der Waals surface area (Å²) in [5.41, 5.74) is 0. The zero-order valence-electron chi connectivity index (χ0n) is 11.0. The molecular formula is C13H25N3. The van der Waals surface area contributed by atoms with Gasteiger partial charge in [-0.15, -0.1) is 0 Å². The SMILES string of the molecule is CCCn1ccnc1C(CC(C)C)NCC. The van der Waals surface area contributed by atoms with E-state index in [1.807, 2.05) is 6.20 Å². The van der Waals surface area contributed by atoms with Gasteiger partial charge in [-0.2, -0.15) is 0 Å². The standard InChI is InChI=1S/C13H25N3/c1-5-8-16-9-7-15-13(16)12(14-6-2)10-11(3)4/h7,9,11-12,14H,5-6,8,10H2,1-4H3. The van der Waals surface area contributed by atoms with E-state index in [2.05, 4.69) is 48.8 Å². The van der Waals surface area contributed by atoms with Crippen LogP contribution < -0.4 is 5.32 Å². The van der Waals surface area contributed by atoms with Crippen LogP contribution in [0, 0.1) is 5.92 Å². The molecule has 1 N–H and O–H groups in total. The summed E-state index contributed by atoms with van der Waals surface area (Å²) in [5.74, 6) is 1.88. The van der Waals surface area contributed by atoms with E-state index in [1.165, 1.54) is 5.82 Å². The van der Waals surface area contributed by atoms with Gasteiger partial charge in [0.25, 0.3) is 0 Å². The molecule has 0 saturated heterocycles. The second-order valence-electron chi connectivity index (χ2n) is 4.72. The van der Waals surface area contributed by atoms with Crippen LogP contribution in [0.25, 0.3) is 0 Å². The minimum absolute atomic E-state index is 0.395. The maximum Gasteiger partial charge on any atom is 0.125 e. The highest BCUT2D eigenvalue weighted by molar-refractivity contribution is 4.99. The minimum Gasteiger partial charge on any atom is -0.334 e. The fraction of sp³-hybridized carbons (Fsp3) is 0.769. The summed E-state index contributed by atoms with van der Waals surface area (Å²) in [6, 6.07) is 0.395. The van der Waals surface area contributed by atoms with Gasteiger partial charge in [0.2, 0.25) is 0 Å². The number of hydrogen-bond acceptors (Lipinski definition) is 2. The summed E-state index contributed by atoms with van der Waals surface area (Å²) in [5, 5.41) is 3.53. The summed E-state index contributed by atoms with van der Waals surface area (Å²) < 4.78 is 2.27. The second-order valence-corrected chi connectivity index (χ2v) is 4.72. The van der Waals surface area contributed by atoms with Crippen LogP contribution in [-0.2, 0) is 6.54 Å². The van der Waals surface area contributed by atoms with Gasteiger partial charge < -0.3 is 9.88 Å². The molecule has 0 aliphatic carbocycles. The first-order valence-corrected chi connectivity index (χ1v) is 6.43. The third kappa shape index (κ3) is 3.63. The zero-order valence-corrected chi connectivity index (χ0v) is 11.0. The van der Waals surface area contributed by atoms with E-state index in [9.17, 15) is 0 Å². The van der Waals surface area contributed by atoms with E-state index in [0.29, 0.717) is 12.0 Å². The van der Waals surface area contributed by atoms with Crippen LogP contribution in [0.1, 0.15) is 52.4 Å². The predicted octanol–water partition coefficient (Wildman–Crippen LogP) is 2.99. The lowest BCUT2D eigenvalue weighted by Crippen LogP contribution is -2.25. The molecule has 92 valence electrons. The number of nitrogens with zero attached hydrogens (tertiary/aromatic N) is 2. The number of aromatic nitrogens is 2. The van der Waals surface area contributed by atoms with Crippen molar-refractivity contribution in [2.75, 3.05) is 6.54 Å². The highest BCUT2D eigenvalue weighted by atomic mass is 15.1. The molecule has 1 heterocycles. The Morgan fingerprint density at radius 2 is 2.12 bits per heavy atom. The van der Waals surface area contributed by atoms with Gasteiger partial charge >= 0.3 is 0 Å². The fourth-order valence-corrected chi connectivity index (χ4v) is 2.06. The van der Waals surface area contributed by atoms with Crippen molar-refractivity contribution in [3.8, 4) is 0 Å². The van der Waals surface area contributed by atoms with Crippen LogP contribution in [-0.4, -0.2) is 16.1 Å². The van der Waals surface area contributed by atoms with Crippen molar-refractivity contribution >= 4 is 0 Å². The quantitative estimate of drug-likeness (QED) is 0.770. The average molecular weight is 223 g/mol. The highest BCUT2D eigenvalue weighted by Gasteiger charge is 2.16. The molecule has 0 saturated carbocycles. The van der Waals surface area contributed by atoms with Gasteiger partial charge in [0.1, 0.15) is 5.82 Å². The topological polar surface area (TPSA) is 29.9 Å². The van der Waals surface area contributed by atoms with Crippen LogP contribution in [0.5, 0.6) is 0 Å². The second kappa shape index (κ2) is 6.69. The van der Waals surface area contributed by atoms with Crippen LogP contribution >= 0.6 is 0 Å². The Hall–Kier alpha value is -0.830. The third-order valence-electron chi connectivity index (χ3n) is 2.68. The van der Waals surface area contributed by atoms with E-state index in [1.54, 1.807) is 0 Å². The summed E-state index contributed by atoms with van der Waals surface area (Å²) in [6.07, 6.45) is 6.30. The molecule has 0 fully saturated rings. The number of rotatable bonds is 7. The largest absolute Gasteiger partial charge is 0.334 e. The first-order chi connectivity index (χ1) is 7.69. The molecule has 16 heavy (non-hydrogen) atoms. The van der Waals surface area contributed by atoms with Gasteiger partial charge in [-0.25, -0.2) is 4.98 Å². The van der Waals surface area contributed by atoms with E-state index >= 15 is 0 Å². The number of aryl methyl sites for hydroxylation is 1. The molecule has 1 unspecified atom stereocenters. The number of hydrogen-bond donors (Lipinski definition) is 1. The van der Waals surface area contributed by atoms with Gasteiger partial charge in [-0.05, 0) is 25.3 Å². The number of nitrogens with one attached hydrogen (secondary N) is 1. The van der Waals surface area contributed by atoms with E-state index in [4.69, 9.17) is 0 Å². The van der Waals surface area contributed by atoms with Gasteiger partial charge in [0.15, 0.2) is 0 Å². The van der Waals surface area contributed by atoms with E-state index in [-0.39, 0.29) is 0 Å². The Balaban J connectivity index is 2.78. The number of imidazole rings is 1. The smallest absolute Gasteiger partial charge is 0.125 e.